The van der Waals surface area contributed by atoms with Gasteiger partial charge >= 0.3 is 5.97 Å². The first-order valence-corrected chi connectivity index (χ1v) is 4.28. The largest absolute Gasteiger partial charge is 0.503 e. The number of hydrogen-bond donors (Lipinski definition) is 1. The van der Waals surface area contributed by atoms with Crippen molar-refractivity contribution in [1.82, 2.24) is 0 Å². The number of aromatic hydroxyl groups is 1. The Morgan fingerprint density at radius 3 is 3.00 bits per heavy atom. The van der Waals surface area contributed by atoms with E-state index in [1.165, 1.54) is 7.11 Å². The predicted molar refractivity (Wildman–Crippen MR) is 48.8 cm³/mol. The lowest BCUT2D eigenvalue weighted by molar-refractivity contribution is 0.0535. The highest BCUT2D eigenvalue weighted by molar-refractivity contribution is 6.35. The van der Waals surface area contributed by atoms with Gasteiger partial charge in [-0.15, -0.1) is 0 Å². The van der Waals surface area contributed by atoms with Crippen LogP contribution < -0.4 is 4.74 Å². The van der Waals surface area contributed by atoms with Gasteiger partial charge in [-0.25, -0.2) is 4.79 Å². The Labute approximate surface area is 85.0 Å². The number of phenols is 1. The van der Waals surface area contributed by atoms with Crippen LogP contribution in [0.25, 0.3) is 0 Å². The second kappa shape index (κ2) is 3.06. The summed E-state index contributed by atoms with van der Waals surface area (Å²) < 4.78 is 9.65. The molecule has 1 aromatic carbocycles. The fourth-order valence-electron chi connectivity index (χ4n) is 1.37. The maximum Gasteiger partial charge on any atom is 0.340 e. The quantitative estimate of drug-likeness (QED) is 0.724. The monoisotopic (exact) mass is 214 g/mol. The molecule has 0 atom stereocenters. The van der Waals surface area contributed by atoms with Crippen LogP contribution in [0.4, 0.5) is 0 Å². The summed E-state index contributed by atoms with van der Waals surface area (Å²) in [5, 5.41) is 9.50. The minimum absolute atomic E-state index is 0.0122. The summed E-state index contributed by atoms with van der Waals surface area (Å²) in [6.45, 7) is 0.171. The second-order valence-corrected chi connectivity index (χ2v) is 3.23. The molecule has 0 aliphatic carbocycles. The minimum Gasteiger partial charge on any atom is -0.503 e. The Morgan fingerprint density at radius 1 is 1.64 bits per heavy atom. The number of carbonyl (C=O) groups excluding carboxylic acids is 1. The molecular weight excluding hydrogens is 208 g/mol. The highest BCUT2D eigenvalue weighted by Crippen LogP contribution is 2.41. The van der Waals surface area contributed by atoms with Gasteiger partial charge in [0.25, 0.3) is 0 Å². The van der Waals surface area contributed by atoms with Gasteiger partial charge in [0.05, 0.1) is 12.7 Å². The number of rotatable bonds is 1. The van der Waals surface area contributed by atoms with Crippen molar-refractivity contribution in [2.24, 2.45) is 0 Å². The average molecular weight is 215 g/mol. The molecule has 2 rings (SSSR count). The van der Waals surface area contributed by atoms with Crippen LogP contribution in [0.2, 0.25) is 5.02 Å². The van der Waals surface area contributed by atoms with Crippen molar-refractivity contribution in [3.8, 4) is 11.5 Å². The SMILES string of the molecule is COc1cc2c(c(Cl)c1O)C(=O)OC2. The van der Waals surface area contributed by atoms with Crippen LogP contribution in [0.15, 0.2) is 6.07 Å². The van der Waals surface area contributed by atoms with Crippen molar-refractivity contribution < 1.29 is 19.4 Å². The van der Waals surface area contributed by atoms with Gasteiger partial charge in [-0.2, -0.15) is 0 Å². The highest BCUT2D eigenvalue weighted by atomic mass is 35.5. The Kier molecular flexibility index (Phi) is 2.00. The number of ether oxygens (including phenoxy) is 2. The third kappa shape index (κ3) is 1.11. The topological polar surface area (TPSA) is 55.8 Å². The average Bonchev–Trinajstić information content (AvgIpc) is 2.54. The first-order valence-electron chi connectivity index (χ1n) is 3.90. The number of esters is 1. The predicted octanol–water partition coefficient (Wildman–Crippen LogP) is 1.72. The van der Waals surface area contributed by atoms with Gasteiger partial charge in [-0.05, 0) is 6.07 Å². The van der Waals surface area contributed by atoms with Gasteiger partial charge in [0.2, 0.25) is 0 Å². The lowest BCUT2D eigenvalue weighted by atomic mass is 10.1. The molecule has 74 valence electrons. The Morgan fingerprint density at radius 2 is 2.36 bits per heavy atom. The fourth-order valence-corrected chi connectivity index (χ4v) is 1.66. The Balaban J connectivity index is 2.69. The molecule has 5 heteroatoms. The van der Waals surface area contributed by atoms with Gasteiger partial charge in [-0.3, -0.25) is 0 Å². The fraction of sp³-hybridized carbons (Fsp3) is 0.222. The molecule has 1 N–H and O–H groups in total. The molecule has 0 fully saturated rings. The third-order valence-corrected chi connectivity index (χ3v) is 2.44. The lowest BCUT2D eigenvalue weighted by Crippen LogP contribution is -1.96. The summed E-state index contributed by atoms with van der Waals surface area (Å²) >= 11 is 5.79. The molecule has 1 aromatic rings. The van der Waals surface area contributed by atoms with Crippen molar-refractivity contribution in [2.75, 3.05) is 7.11 Å². The van der Waals surface area contributed by atoms with Crippen LogP contribution in [0.3, 0.4) is 0 Å². The lowest BCUT2D eigenvalue weighted by Gasteiger charge is -2.06. The molecule has 0 spiro atoms. The molecule has 4 nitrogen and oxygen atoms in total. The first-order chi connectivity index (χ1) is 6.65. The zero-order chi connectivity index (χ0) is 10.3. The number of carbonyl (C=O) groups is 1. The summed E-state index contributed by atoms with van der Waals surface area (Å²) in [6.07, 6.45) is 0. The van der Waals surface area contributed by atoms with Crippen LogP contribution in [0, 0.1) is 0 Å². The summed E-state index contributed by atoms with van der Waals surface area (Å²) in [4.78, 5) is 11.2. The van der Waals surface area contributed by atoms with E-state index >= 15 is 0 Å². The third-order valence-electron chi connectivity index (χ3n) is 2.07. The van der Waals surface area contributed by atoms with Crippen molar-refractivity contribution in [3.63, 3.8) is 0 Å². The number of methoxy groups -OCH3 is 1. The van der Waals surface area contributed by atoms with Crippen LogP contribution >= 0.6 is 11.6 Å². The standard InChI is InChI=1S/C9H7ClO4/c1-13-5-2-4-3-14-9(12)6(4)7(10)8(5)11/h2,11H,3H2,1H3. The van der Waals surface area contributed by atoms with Crippen LogP contribution in [0.1, 0.15) is 15.9 Å². The van der Waals surface area contributed by atoms with Crippen LogP contribution in [-0.4, -0.2) is 18.2 Å². The van der Waals surface area contributed by atoms with E-state index in [4.69, 9.17) is 21.1 Å². The zero-order valence-electron chi connectivity index (χ0n) is 7.33. The van der Waals surface area contributed by atoms with E-state index in [0.29, 0.717) is 5.56 Å². The molecule has 14 heavy (non-hydrogen) atoms. The van der Waals surface area contributed by atoms with E-state index in [-0.39, 0.29) is 28.7 Å². The molecule has 1 aliphatic heterocycles. The Bertz CT molecular complexity index is 414. The number of cyclic esters (lactones) is 1. The van der Waals surface area contributed by atoms with E-state index < -0.39 is 5.97 Å². The number of hydrogen-bond acceptors (Lipinski definition) is 4. The summed E-state index contributed by atoms with van der Waals surface area (Å²) in [7, 11) is 1.41. The zero-order valence-corrected chi connectivity index (χ0v) is 8.09. The van der Waals surface area contributed by atoms with E-state index in [1.807, 2.05) is 0 Å². The maximum atomic E-state index is 11.2. The van der Waals surface area contributed by atoms with Crippen LogP contribution in [-0.2, 0) is 11.3 Å². The number of phenolic OH excluding ortho intramolecular Hbond substituents is 1. The van der Waals surface area contributed by atoms with E-state index in [2.05, 4.69) is 0 Å². The highest BCUT2D eigenvalue weighted by Gasteiger charge is 2.28. The number of halogens is 1. The van der Waals surface area contributed by atoms with Gasteiger partial charge in [0.15, 0.2) is 11.5 Å². The molecule has 0 saturated carbocycles. The Hall–Kier alpha value is -1.42. The van der Waals surface area contributed by atoms with Crippen molar-refractivity contribution in [3.05, 3.63) is 22.2 Å². The molecule has 0 radical (unpaired) electrons. The summed E-state index contributed by atoms with van der Waals surface area (Å²) in [6, 6.07) is 1.54. The van der Waals surface area contributed by atoms with E-state index in [1.54, 1.807) is 6.07 Å². The van der Waals surface area contributed by atoms with Crippen molar-refractivity contribution in [2.45, 2.75) is 6.61 Å². The molecule has 1 aliphatic rings. The van der Waals surface area contributed by atoms with Crippen molar-refractivity contribution >= 4 is 17.6 Å². The minimum atomic E-state index is -0.511. The molecule has 0 unspecified atom stereocenters. The smallest absolute Gasteiger partial charge is 0.340 e. The summed E-state index contributed by atoms with van der Waals surface area (Å²) in [5.74, 6) is -0.498. The van der Waals surface area contributed by atoms with Crippen molar-refractivity contribution in [1.29, 1.82) is 0 Å². The number of fused-ring (bicyclic) bond motifs is 1. The normalized spacial score (nSPS) is 13.7. The molecule has 0 aromatic heterocycles. The van der Waals surface area contributed by atoms with Crippen LogP contribution in [0.5, 0.6) is 11.5 Å². The van der Waals surface area contributed by atoms with E-state index in [9.17, 15) is 9.90 Å². The molecular formula is C9H7ClO4. The maximum absolute atomic E-state index is 11.2. The molecule has 1 heterocycles. The van der Waals surface area contributed by atoms with Gasteiger partial charge in [0.1, 0.15) is 11.6 Å². The number of benzene rings is 1. The first kappa shape index (κ1) is 9.15. The summed E-state index contributed by atoms with van der Waals surface area (Å²) in [5.41, 5.74) is 0.861. The molecule has 0 bridgehead atoms. The second-order valence-electron chi connectivity index (χ2n) is 2.85. The van der Waals surface area contributed by atoms with Gasteiger partial charge < -0.3 is 14.6 Å². The van der Waals surface area contributed by atoms with Gasteiger partial charge in [0, 0.05) is 5.56 Å². The molecule has 0 saturated heterocycles. The van der Waals surface area contributed by atoms with Gasteiger partial charge in [-0.1, -0.05) is 11.6 Å². The van der Waals surface area contributed by atoms with E-state index in [0.717, 1.165) is 0 Å². The molecule has 0 amide bonds.